The van der Waals surface area contributed by atoms with Crippen molar-refractivity contribution >= 4 is 17.8 Å². The number of esters is 1. The van der Waals surface area contributed by atoms with Crippen molar-refractivity contribution in [1.82, 2.24) is 5.32 Å². The van der Waals surface area contributed by atoms with E-state index in [4.69, 9.17) is 10.2 Å². The van der Waals surface area contributed by atoms with Gasteiger partial charge in [0.25, 0.3) is 0 Å². The van der Waals surface area contributed by atoms with Crippen LogP contribution in [0.2, 0.25) is 0 Å². The largest absolute Gasteiger partial charge is 0.480 e. The van der Waals surface area contributed by atoms with E-state index in [-0.39, 0.29) is 12.3 Å². The summed E-state index contributed by atoms with van der Waals surface area (Å²) < 4.78 is 4.50. The van der Waals surface area contributed by atoms with E-state index in [0.29, 0.717) is 0 Å². The van der Waals surface area contributed by atoms with Crippen molar-refractivity contribution in [2.45, 2.75) is 26.3 Å². The Hall–Kier alpha value is -1.63. The smallest absolute Gasteiger partial charge is 0.328 e. The van der Waals surface area contributed by atoms with E-state index in [1.54, 1.807) is 0 Å². The number of carboxylic acids is 1. The zero-order valence-corrected chi connectivity index (χ0v) is 10.7. The van der Waals surface area contributed by atoms with Gasteiger partial charge >= 0.3 is 11.9 Å². The summed E-state index contributed by atoms with van der Waals surface area (Å²) >= 11 is 0. The zero-order valence-electron chi connectivity index (χ0n) is 10.7. The van der Waals surface area contributed by atoms with Crippen LogP contribution in [0.4, 0.5) is 0 Å². The Kier molecular flexibility index (Phi) is 6.96. The van der Waals surface area contributed by atoms with Crippen molar-refractivity contribution in [1.29, 1.82) is 0 Å². The molecule has 2 atom stereocenters. The molecule has 0 fully saturated rings. The first kappa shape index (κ1) is 16.4. The molecule has 0 radical (unpaired) electrons. The lowest BCUT2D eigenvalue weighted by molar-refractivity contribution is -0.153. The molecule has 0 bridgehead atoms. The fourth-order valence-corrected chi connectivity index (χ4v) is 1.38. The minimum atomic E-state index is -1.42. The number of aliphatic carboxylic acids is 1. The molecule has 104 valence electrons. The van der Waals surface area contributed by atoms with Gasteiger partial charge in [0.2, 0.25) is 5.91 Å². The second kappa shape index (κ2) is 7.65. The first-order chi connectivity index (χ1) is 8.33. The van der Waals surface area contributed by atoms with Crippen molar-refractivity contribution in [3.63, 3.8) is 0 Å². The van der Waals surface area contributed by atoms with Gasteiger partial charge in [-0.3, -0.25) is 9.59 Å². The van der Waals surface area contributed by atoms with E-state index >= 15 is 0 Å². The number of aliphatic hydroxyl groups is 1. The molecule has 0 aliphatic heterocycles. The van der Waals surface area contributed by atoms with Crippen LogP contribution in [-0.2, 0) is 19.1 Å². The van der Waals surface area contributed by atoms with Crippen LogP contribution in [0.5, 0.6) is 0 Å². The molecule has 1 amide bonds. The number of aliphatic hydroxyl groups excluding tert-OH is 1. The number of rotatable bonds is 7. The summed E-state index contributed by atoms with van der Waals surface area (Å²) in [5.41, 5.74) is 0. The maximum absolute atomic E-state index is 11.8. The standard InChI is InChI=1S/C11H19NO6/c1-6(2)4-7(11(17)18-3)9(14)12-8(5-13)10(15)16/h6-8,13H,4-5H2,1-3H3,(H,12,14)(H,15,16)/t7?,8-/m0/s1. The summed E-state index contributed by atoms with van der Waals surface area (Å²) in [7, 11) is 1.16. The zero-order chi connectivity index (χ0) is 14.3. The predicted molar refractivity (Wildman–Crippen MR) is 61.6 cm³/mol. The molecule has 18 heavy (non-hydrogen) atoms. The van der Waals surface area contributed by atoms with E-state index in [1.165, 1.54) is 0 Å². The number of methoxy groups -OCH3 is 1. The van der Waals surface area contributed by atoms with Crippen molar-refractivity contribution in [3.8, 4) is 0 Å². The minimum Gasteiger partial charge on any atom is -0.480 e. The molecule has 0 aromatic carbocycles. The van der Waals surface area contributed by atoms with Crippen LogP contribution in [0.1, 0.15) is 20.3 Å². The van der Waals surface area contributed by atoms with E-state index in [1.807, 2.05) is 13.8 Å². The monoisotopic (exact) mass is 261 g/mol. The highest BCUT2D eigenvalue weighted by Gasteiger charge is 2.31. The molecule has 0 saturated carbocycles. The SMILES string of the molecule is COC(=O)C(CC(C)C)C(=O)N[C@@H](CO)C(=O)O. The van der Waals surface area contributed by atoms with Crippen LogP contribution < -0.4 is 5.32 Å². The van der Waals surface area contributed by atoms with E-state index in [9.17, 15) is 14.4 Å². The molecule has 0 saturated heterocycles. The average molecular weight is 261 g/mol. The molecule has 3 N–H and O–H groups in total. The second-order valence-electron chi connectivity index (χ2n) is 4.29. The third-order valence-electron chi connectivity index (χ3n) is 2.31. The summed E-state index contributed by atoms with van der Waals surface area (Å²) in [4.78, 5) is 33.9. The van der Waals surface area contributed by atoms with Crippen molar-refractivity contribution < 1.29 is 29.3 Å². The third kappa shape index (κ3) is 5.13. The van der Waals surface area contributed by atoms with Gasteiger partial charge in [-0.15, -0.1) is 0 Å². The highest BCUT2D eigenvalue weighted by molar-refractivity contribution is 5.99. The molecule has 0 heterocycles. The normalized spacial score (nSPS) is 13.8. The number of hydrogen-bond acceptors (Lipinski definition) is 5. The summed E-state index contributed by atoms with van der Waals surface area (Å²) in [6.07, 6.45) is 0.246. The topological polar surface area (TPSA) is 113 Å². The Bertz CT molecular complexity index is 315. The molecule has 0 rings (SSSR count). The summed E-state index contributed by atoms with van der Waals surface area (Å²) in [6, 6.07) is -1.42. The lowest BCUT2D eigenvalue weighted by Gasteiger charge is -2.18. The second-order valence-corrected chi connectivity index (χ2v) is 4.29. The third-order valence-corrected chi connectivity index (χ3v) is 2.31. The van der Waals surface area contributed by atoms with Gasteiger partial charge in [0.15, 0.2) is 0 Å². The van der Waals surface area contributed by atoms with Gasteiger partial charge in [0.1, 0.15) is 12.0 Å². The molecule has 7 heteroatoms. The molecule has 0 aromatic heterocycles. The number of carbonyl (C=O) groups excluding carboxylic acids is 2. The molecular weight excluding hydrogens is 242 g/mol. The lowest BCUT2D eigenvalue weighted by Crippen LogP contribution is -2.47. The molecule has 0 aliphatic carbocycles. The Morgan fingerprint density at radius 2 is 1.83 bits per heavy atom. The fourth-order valence-electron chi connectivity index (χ4n) is 1.38. The Labute approximate surface area is 105 Å². The number of carbonyl (C=O) groups is 3. The van der Waals surface area contributed by atoms with Crippen LogP contribution in [0.15, 0.2) is 0 Å². The van der Waals surface area contributed by atoms with Crippen molar-refractivity contribution in [3.05, 3.63) is 0 Å². The van der Waals surface area contributed by atoms with Gasteiger partial charge in [-0.2, -0.15) is 0 Å². The van der Waals surface area contributed by atoms with Crippen LogP contribution >= 0.6 is 0 Å². The van der Waals surface area contributed by atoms with Crippen molar-refractivity contribution in [2.24, 2.45) is 11.8 Å². The first-order valence-electron chi connectivity index (χ1n) is 5.55. The number of hydrogen-bond donors (Lipinski definition) is 3. The van der Waals surface area contributed by atoms with Crippen LogP contribution in [-0.4, -0.2) is 47.8 Å². The maximum Gasteiger partial charge on any atom is 0.328 e. The van der Waals surface area contributed by atoms with Crippen LogP contribution in [0.25, 0.3) is 0 Å². The highest BCUT2D eigenvalue weighted by atomic mass is 16.5. The quantitative estimate of drug-likeness (QED) is 0.416. The minimum absolute atomic E-state index is 0.0669. The summed E-state index contributed by atoms with van der Waals surface area (Å²) in [6.45, 7) is 2.91. The van der Waals surface area contributed by atoms with E-state index in [0.717, 1.165) is 7.11 Å². The van der Waals surface area contributed by atoms with E-state index in [2.05, 4.69) is 10.1 Å². The van der Waals surface area contributed by atoms with Gasteiger partial charge in [0, 0.05) is 0 Å². The molecule has 1 unspecified atom stereocenters. The first-order valence-corrected chi connectivity index (χ1v) is 5.55. The van der Waals surface area contributed by atoms with E-state index < -0.39 is 36.4 Å². The molecular formula is C11H19NO6. The Balaban J connectivity index is 4.74. The molecule has 0 aromatic rings. The maximum atomic E-state index is 11.8. The van der Waals surface area contributed by atoms with Gasteiger partial charge in [-0.05, 0) is 12.3 Å². The Morgan fingerprint density at radius 3 is 2.17 bits per heavy atom. The number of carboxylic acid groups (broad SMARTS) is 1. The van der Waals surface area contributed by atoms with Gasteiger partial charge < -0.3 is 20.3 Å². The van der Waals surface area contributed by atoms with Gasteiger partial charge in [-0.25, -0.2) is 4.79 Å². The number of ether oxygens (including phenoxy) is 1. The molecule has 7 nitrogen and oxygen atoms in total. The van der Waals surface area contributed by atoms with Gasteiger partial charge in [0.05, 0.1) is 13.7 Å². The summed E-state index contributed by atoms with van der Waals surface area (Å²) in [5.74, 6) is -3.83. The van der Waals surface area contributed by atoms with Crippen molar-refractivity contribution in [2.75, 3.05) is 13.7 Å². The fraction of sp³-hybridized carbons (Fsp3) is 0.727. The van der Waals surface area contributed by atoms with Crippen LogP contribution in [0, 0.1) is 11.8 Å². The van der Waals surface area contributed by atoms with Crippen LogP contribution in [0.3, 0.4) is 0 Å². The Morgan fingerprint density at radius 1 is 1.28 bits per heavy atom. The highest BCUT2D eigenvalue weighted by Crippen LogP contribution is 2.13. The summed E-state index contributed by atoms with van der Waals surface area (Å²) in [5, 5.41) is 19.6. The molecule has 0 aliphatic rings. The number of nitrogens with one attached hydrogen (secondary N) is 1. The average Bonchev–Trinajstić information content (AvgIpc) is 2.30. The van der Waals surface area contributed by atoms with Gasteiger partial charge in [-0.1, -0.05) is 13.8 Å². The number of amides is 1. The lowest BCUT2D eigenvalue weighted by atomic mass is 9.96. The predicted octanol–water partition coefficient (Wildman–Crippen LogP) is -0.617. The molecule has 0 spiro atoms.